The summed E-state index contributed by atoms with van der Waals surface area (Å²) in [4.78, 5) is 9.80. The smallest absolute Gasteiger partial charge is 0.150 e. The second kappa shape index (κ2) is 7.09. The van der Waals surface area contributed by atoms with Crippen molar-refractivity contribution >= 4 is 53.4 Å². The van der Waals surface area contributed by atoms with Crippen LogP contribution in [0.5, 0.6) is 11.5 Å². The topological polar surface area (TPSA) is 67.3 Å². The number of halogens is 1. The van der Waals surface area contributed by atoms with Crippen molar-refractivity contribution in [3.05, 3.63) is 52.8 Å². The van der Waals surface area contributed by atoms with Gasteiger partial charge in [-0.25, -0.2) is 9.97 Å². The van der Waals surface area contributed by atoms with E-state index in [2.05, 4.69) is 37.3 Å². The molecule has 0 radical (unpaired) electrons. The summed E-state index contributed by atoms with van der Waals surface area (Å²) in [6.45, 7) is 0.738. The molecule has 0 spiro atoms. The Hall–Kier alpha value is -2.38. The summed E-state index contributed by atoms with van der Waals surface area (Å²) in [5.74, 6) is 1.93. The third-order valence-corrected chi connectivity index (χ3v) is 5.93. The number of hydrogen-bond acceptors (Lipinski definition) is 6. The van der Waals surface area contributed by atoms with E-state index in [9.17, 15) is 5.11 Å². The quantitative estimate of drug-likeness (QED) is 0.468. The van der Waals surface area contributed by atoms with Crippen LogP contribution in [0.3, 0.4) is 0 Å². The lowest BCUT2D eigenvalue weighted by atomic mass is 10.1. The molecule has 7 heteroatoms. The molecule has 0 saturated heterocycles. The zero-order valence-corrected chi connectivity index (χ0v) is 16.4. The van der Waals surface area contributed by atoms with E-state index in [1.165, 1.54) is 0 Å². The molecule has 4 rings (SSSR count). The molecule has 0 fully saturated rings. The number of anilines is 1. The van der Waals surface area contributed by atoms with Crippen LogP contribution in [0.25, 0.3) is 20.3 Å². The maximum atomic E-state index is 9.37. The van der Waals surface area contributed by atoms with Crippen LogP contribution in [0.2, 0.25) is 0 Å². The predicted molar refractivity (Wildman–Crippen MR) is 109 cm³/mol. The van der Waals surface area contributed by atoms with E-state index in [4.69, 9.17) is 4.74 Å². The van der Waals surface area contributed by atoms with Crippen LogP contribution >= 0.6 is 27.3 Å². The van der Waals surface area contributed by atoms with Crippen molar-refractivity contribution in [1.82, 2.24) is 9.97 Å². The number of aromatic nitrogens is 2. The van der Waals surface area contributed by atoms with Gasteiger partial charge in [-0.3, -0.25) is 0 Å². The molecule has 0 aliphatic carbocycles. The molecule has 4 aromatic rings. The van der Waals surface area contributed by atoms with Crippen LogP contribution in [0.15, 0.2) is 47.2 Å². The number of rotatable bonds is 5. The highest BCUT2D eigenvalue weighted by atomic mass is 79.9. The van der Waals surface area contributed by atoms with Crippen molar-refractivity contribution in [1.29, 1.82) is 0 Å². The van der Waals surface area contributed by atoms with Gasteiger partial charge >= 0.3 is 0 Å². The highest BCUT2D eigenvalue weighted by Crippen LogP contribution is 2.43. The van der Waals surface area contributed by atoms with Crippen LogP contribution in [0, 0.1) is 0 Å². The van der Waals surface area contributed by atoms with Crippen molar-refractivity contribution < 1.29 is 9.84 Å². The Morgan fingerprint density at radius 3 is 2.73 bits per heavy atom. The average molecular weight is 430 g/mol. The van der Waals surface area contributed by atoms with Crippen molar-refractivity contribution in [2.24, 2.45) is 0 Å². The highest BCUT2D eigenvalue weighted by Gasteiger charge is 2.16. The van der Waals surface area contributed by atoms with Gasteiger partial charge in [-0.05, 0) is 46.1 Å². The first kappa shape index (κ1) is 17.1. The third-order valence-electron chi connectivity index (χ3n) is 4.19. The van der Waals surface area contributed by atoms with E-state index < -0.39 is 0 Å². The fourth-order valence-electron chi connectivity index (χ4n) is 2.94. The van der Waals surface area contributed by atoms with Crippen LogP contribution in [0.1, 0.15) is 5.56 Å². The van der Waals surface area contributed by atoms with Gasteiger partial charge in [-0.15, -0.1) is 11.3 Å². The lowest BCUT2D eigenvalue weighted by Gasteiger charge is -2.08. The van der Waals surface area contributed by atoms with Gasteiger partial charge in [0.1, 0.15) is 22.7 Å². The Morgan fingerprint density at radius 1 is 1.15 bits per heavy atom. The molecule has 0 aliphatic heterocycles. The van der Waals surface area contributed by atoms with Crippen molar-refractivity contribution in [3.63, 3.8) is 0 Å². The monoisotopic (exact) mass is 429 g/mol. The summed E-state index contributed by atoms with van der Waals surface area (Å²) in [6.07, 6.45) is 2.42. The van der Waals surface area contributed by atoms with E-state index in [-0.39, 0.29) is 5.75 Å². The Kier molecular flexibility index (Phi) is 4.65. The molecule has 0 saturated carbocycles. The Morgan fingerprint density at radius 2 is 1.96 bits per heavy atom. The fourth-order valence-corrected chi connectivity index (χ4v) is 4.73. The fraction of sp³-hybridized carbons (Fsp3) is 0.158. The number of fused-ring (bicyclic) bond motifs is 3. The molecule has 0 bridgehead atoms. The number of thiophene rings is 1. The second-order valence-corrected chi connectivity index (χ2v) is 7.66. The summed E-state index contributed by atoms with van der Waals surface area (Å²) >= 11 is 5.14. The van der Waals surface area contributed by atoms with E-state index in [1.807, 2.05) is 18.2 Å². The number of phenolic OH excluding ortho intramolecular Hbond substituents is 1. The predicted octanol–water partition coefficient (Wildman–Crippen LogP) is 4.98. The molecule has 2 N–H and O–H groups in total. The number of hydrogen-bond donors (Lipinski definition) is 2. The first-order valence-electron chi connectivity index (χ1n) is 8.09. The van der Waals surface area contributed by atoms with Crippen molar-refractivity contribution in [2.45, 2.75) is 6.42 Å². The first-order chi connectivity index (χ1) is 12.7. The van der Waals surface area contributed by atoms with Gasteiger partial charge in [0.15, 0.2) is 5.75 Å². The number of aromatic hydroxyl groups is 1. The Balaban J connectivity index is 1.67. The van der Waals surface area contributed by atoms with Crippen LogP contribution in [-0.4, -0.2) is 28.7 Å². The molecule has 0 amide bonds. The van der Waals surface area contributed by atoms with Crippen LogP contribution in [-0.2, 0) is 6.42 Å². The lowest BCUT2D eigenvalue weighted by Crippen LogP contribution is -2.06. The molecule has 0 unspecified atom stereocenters. The zero-order chi connectivity index (χ0) is 18.1. The molecule has 132 valence electrons. The normalized spacial score (nSPS) is 11.2. The van der Waals surface area contributed by atoms with Gasteiger partial charge in [-0.1, -0.05) is 18.2 Å². The lowest BCUT2D eigenvalue weighted by molar-refractivity contribution is 0.418. The van der Waals surface area contributed by atoms with Crippen molar-refractivity contribution in [3.8, 4) is 11.5 Å². The summed E-state index contributed by atoms with van der Waals surface area (Å²) in [7, 11) is 1.67. The summed E-state index contributed by atoms with van der Waals surface area (Å²) in [5.41, 5.74) is 1.15. The molecule has 0 atom stereocenters. The molecule has 2 aromatic heterocycles. The minimum atomic E-state index is 0.282. The average Bonchev–Trinajstić information content (AvgIpc) is 3.02. The number of benzene rings is 2. The number of nitrogens with one attached hydrogen (secondary N) is 1. The Labute approximate surface area is 162 Å². The van der Waals surface area contributed by atoms with Gasteiger partial charge in [0.25, 0.3) is 0 Å². The first-order valence-corrected chi connectivity index (χ1v) is 9.70. The number of ether oxygens (including phenoxy) is 1. The van der Waals surface area contributed by atoms with Gasteiger partial charge in [0.05, 0.1) is 21.7 Å². The van der Waals surface area contributed by atoms with Gasteiger partial charge in [-0.2, -0.15) is 0 Å². The van der Waals surface area contributed by atoms with Gasteiger partial charge < -0.3 is 15.2 Å². The third kappa shape index (κ3) is 3.08. The molecular formula is C19H16BrN3O2S. The molecule has 2 heterocycles. The van der Waals surface area contributed by atoms with Gasteiger partial charge in [0.2, 0.25) is 0 Å². The largest absolute Gasteiger partial charge is 0.508 e. The van der Waals surface area contributed by atoms with Crippen molar-refractivity contribution in [2.75, 3.05) is 19.0 Å². The number of nitrogens with zero attached hydrogens (tertiary/aromatic N) is 2. The summed E-state index contributed by atoms with van der Waals surface area (Å²) in [6, 6.07) is 11.3. The number of phenols is 1. The van der Waals surface area contributed by atoms with Crippen LogP contribution < -0.4 is 10.1 Å². The van der Waals surface area contributed by atoms with E-state index in [1.54, 1.807) is 36.9 Å². The Bertz CT molecular complexity index is 1080. The van der Waals surface area contributed by atoms with Gasteiger partial charge in [0, 0.05) is 11.9 Å². The second-order valence-electron chi connectivity index (χ2n) is 5.81. The van der Waals surface area contributed by atoms with E-state index in [0.717, 1.165) is 54.9 Å². The maximum Gasteiger partial charge on any atom is 0.150 e. The molecular weight excluding hydrogens is 414 g/mol. The molecule has 2 aromatic carbocycles. The maximum absolute atomic E-state index is 9.37. The zero-order valence-electron chi connectivity index (χ0n) is 14.0. The van der Waals surface area contributed by atoms with E-state index in [0.29, 0.717) is 0 Å². The number of methoxy groups -OCH3 is 1. The van der Waals surface area contributed by atoms with E-state index >= 15 is 0 Å². The summed E-state index contributed by atoms with van der Waals surface area (Å²) in [5, 5.41) is 14.9. The minimum Gasteiger partial charge on any atom is -0.508 e. The molecule has 0 aliphatic rings. The highest BCUT2D eigenvalue weighted by molar-refractivity contribution is 9.10. The minimum absolute atomic E-state index is 0.282. The molecule has 5 nitrogen and oxygen atoms in total. The standard InChI is InChI=1S/C19H16BrN3O2S/c1-25-16-14(20)7-6-13-15-18(22-10-23-19(15)26-17(13)16)21-9-8-11-2-4-12(24)5-3-11/h2-7,10,24H,8-9H2,1H3,(H,21,22,23). The summed E-state index contributed by atoms with van der Waals surface area (Å²) < 4.78 is 7.53. The van der Waals surface area contributed by atoms with Crippen LogP contribution in [0.4, 0.5) is 5.82 Å². The SMILES string of the molecule is COc1c(Br)ccc2c1sc1ncnc(NCCc3ccc(O)cc3)c12. The molecule has 26 heavy (non-hydrogen) atoms.